The number of rotatable bonds is 7. The minimum atomic E-state index is -0.326. The fourth-order valence-corrected chi connectivity index (χ4v) is 3.29. The molecule has 2 amide bonds. The standard InChI is InChI=1S/C20H20N4O3S/c1-13-3-5-14(6-4-13)12-21-24-19(26)10-9-18(25)23-20-22-16-8-7-15(27-2)11-17(16)28-20/h3-8,11-12H,9-10H2,1-2H3,(H,24,26)(H,22,23,25)/b21-12-. The zero-order valence-corrected chi connectivity index (χ0v) is 16.4. The van der Waals surface area contributed by atoms with Crippen LogP contribution in [0.5, 0.6) is 5.75 Å². The van der Waals surface area contributed by atoms with Gasteiger partial charge in [-0.1, -0.05) is 41.2 Å². The Balaban J connectivity index is 1.45. The van der Waals surface area contributed by atoms with Crippen molar-refractivity contribution >= 4 is 44.7 Å². The van der Waals surface area contributed by atoms with Gasteiger partial charge in [-0.3, -0.25) is 9.59 Å². The predicted octanol–water partition coefficient (Wildman–Crippen LogP) is 3.48. The lowest BCUT2D eigenvalue weighted by molar-refractivity contribution is -0.124. The molecule has 0 spiro atoms. The molecule has 3 rings (SSSR count). The van der Waals surface area contributed by atoms with E-state index in [1.807, 2.05) is 49.4 Å². The fraction of sp³-hybridized carbons (Fsp3) is 0.200. The number of nitrogens with zero attached hydrogens (tertiary/aromatic N) is 2. The first-order chi connectivity index (χ1) is 13.5. The maximum atomic E-state index is 12.1. The van der Waals surface area contributed by atoms with Crippen molar-refractivity contribution in [1.82, 2.24) is 10.4 Å². The van der Waals surface area contributed by atoms with E-state index in [0.29, 0.717) is 5.13 Å². The van der Waals surface area contributed by atoms with Gasteiger partial charge in [0.25, 0.3) is 0 Å². The molecule has 1 heterocycles. The van der Waals surface area contributed by atoms with Crippen LogP contribution in [0.2, 0.25) is 0 Å². The van der Waals surface area contributed by atoms with E-state index < -0.39 is 0 Å². The van der Waals surface area contributed by atoms with Crippen molar-refractivity contribution in [3.8, 4) is 5.75 Å². The van der Waals surface area contributed by atoms with Crippen molar-refractivity contribution < 1.29 is 14.3 Å². The monoisotopic (exact) mass is 396 g/mol. The van der Waals surface area contributed by atoms with E-state index in [0.717, 1.165) is 27.1 Å². The first-order valence-corrected chi connectivity index (χ1v) is 9.48. The number of aryl methyl sites for hydroxylation is 1. The van der Waals surface area contributed by atoms with Crippen molar-refractivity contribution in [1.29, 1.82) is 0 Å². The molecule has 2 aromatic carbocycles. The van der Waals surface area contributed by atoms with Crippen molar-refractivity contribution in [2.24, 2.45) is 5.10 Å². The second-order valence-corrected chi connectivity index (χ2v) is 7.14. The Labute approximate surface area is 166 Å². The molecule has 0 aliphatic carbocycles. The normalized spacial score (nSPS) is 10.9. The molecule has 2 N–H and O–H groups in total. The van der Waals surface area contributed by atoms with E-state index in [2.05, 4.69) is 20.8 Å². The second-order valence-electron chi connectivity index (χ2n) is 6.10. The number of aromatic nitrogens is 1. The van der Waals surface area contributed by atoms with Crippen LogP contribution in [-0.4, -0.2) is 30.1 Å². The first-order valence-electron chi connectivity index (χ1n) is 8.66. The highest BCUT2D eigenvalue weighted by Gasteiger charge is 2.10. The Kier molecular flexibility index (Phi) is 6.33. The number of benzene rings is 2. The average molecular weight is 396 g/mol. The van der Waals surface area contributed by atoms with Gasteiger partial charge in [-0.15, -0.1) is 0 Å². The van der Waals surface area contributed by atoms with Crippen LogP contribution in [0.15, 0.2) is 47.6 Å². The number of ether oxygens (including phenoxy) is 1. The summed E-state index contributed by atoms with van der Waals surface area (Å²) in [6.07, 6.45) is 1.65. The molecule has 28 heavy (non-hydrogen) atoms. The minimum Gasteiger partial charge on any atom is -0.497 e. The molecule has 0 saturated heterocycles. The summed E-state index contributed by atoms with van der Waals surface area (Å²) in [4.78, 5) is 28.2. The van der Waals surface area contributed by atoms with E-state index >= 15 is 0 Å². The molecule has 144 valence electrons. The molecule has 0 radical (unpaired) electrons. The lowest BCUT2D eigenvalue weighted by Gasteiger charge is -2.01. The number of amides is 2. The summed E-state index contributed by atoms with van der Waals surface area (Å²) in [5.41, 5.74) is 5.24. The van der Waals surface area contributed by atoms with Crippen LogP contribution in [0, 0.1) is 6.92 Å². The van der Waals surface area contributed by atoms with E-state index in [-0.39, 0.29) is 24.7 Å². The molecule has 1 aromatic heterocycles. The molecule has 3 aromatic rings. The third-order valence-electron chi connectivity index (χ3n) is 3.90. The van der Waals surface area contributed by atoms with Crippen LogP contribution in [-0.2, 0) is 9.59 Å². The maximum absolute atomic E-state index is 12.1. The molecular formula is C20H20N4O3S. The quantitative estimate of drug-likeness (QED) is 0.472. The van der Waals surface area contributed by atoms with E-state index in [1.165, 1.54) is 11.3 Å². The maximum Gasteiger partial charge on any atom is 0.240 e. The van der Waals surface area contributed by atoms with Crippen LogP contribution in [0.3, 0.4) is 0 Å². The van der Waals surface area contributed by atoms with Gasteiger partial charge in [-0.05, 0) is 30.7 Å². The zero-order valence-electron chi connectivity index (χ0n) is 15.6. The Bertz CT molecular complexity index is 1010. The summed E-state index contributed by atoms with van der Waals surface area (Å²) in [6, 6.07) is 13.3. The third kappa shape index (κ3) is 5.37. The molecule has 0 aliphatic rings. The number of hydrogen-bond acceptors (Lipinski definition) is 6. The molecular weight excluding hydrogens is 376 g/mol. The first kappa shape index (κ1) is 19.5. The van der Waals surface area contributed by atoms with Gasteiger partial charge in [0.15, 0.2) is 5.13 Å². The van der Waals surface area contributed by atoms with Gasteiger partial charge < -0.3 is 10.1 Å². The Morgan fingerprint density at radius 2 is 1.89 bits per heavy atom. The molecule has 0 bridgehead atoms. The van der Waals surface area contributed by atoms with E-state index in [1.54, 1.807) is 13.3 Å². The Hall–Kier alpha value is -3.26. The molecule has 0 fully saturated rings. The van der Waals surface area contributed by atoms with Gasteiger partial charge in [0.05, 0.1) is 23.5 Å². The number of carbonyl (C=O) groups is 2. The van der Waals surface area contributed by atoms with Crippen LogP contribution >= 0.6 is 11.3 Å². The molecule has 0 saturated carbocycles. The molecule has 0 aliphatic heterocycles. The van der Waals surface area contributed by atoms with Crippen LogP contribution < -0.4 is 15.5 Å². The average Bonchev–Trinajstić information content (AvgIpc) is 3.09. The third-order valence-corrected chi connectivity index (χ3v) is 4.83. The molecule has 7 nitrogen and oxygen atoms in total. The highest BCUT2D eigenvalue weighted by atomic mass is 32.1. The highest BCUT2D eigenvalue weighted by Crippen LogP contribution is 2.29. The zero-order chi connectivity index (χ0) is 19.9. The largest absolute Gasteiger partial charge is 0.497 e. The van der Waals surface area contributed by atoms with Crippen LogP contribution in [0.1, 0.15) is 24.0 Å². The SMILES string of the molecule is COc1ccc2nc(NC(=O)CCC(=O)N/N=C\c3ccc(C)cc3)sc2c1. The smallest absolute Gasteiger partial charge is 0.240 e. The van der Waals surface area contributed by atoms with Crippen molar-refractivity contribution in [2.75, 3.05) is 12.4 Å². The van der Waals surface area contributed by atoms with Gasteiger partial charge in [0.2, 0.25) is 11.8 Å². The van der Waals surface area contributed by atoms with Crippen molar-refractivity contribution in [2.45, 2.75) is 19.8 Å². The number of anilines is 1. The lowest BCUT2D eigenvalue weighted by Crippen LogP contribution is -2.20. The number of nitrogens with one attached hydrogen (secondary N) is 2. The Morgan fingerprint density at radius 1 is 1.14 bits per heavy atom. The van der Waals surface area contributed by atoms with Gasteiger partial charge >= 0.3 is 0 Å². The van der Waals surface area contributed by atoms with Gasteiger partial charge in [0, 0.05) is 12.8 Å². The summed E-state index contributed by atoms with van der Waals surface area (Å²) in [5.74, 6) is 0.133. The van der Waals surface area contributed by atoms with Crippen molar-refractivity contribution in [3.63, 3.8) is 0 Å². The number of hydrazone groups is 1. The summed E-state index contributed by atoms with van der Waals surface area (Å²) in [7, 11) is 1.60. The lowest BCUT2D eigenvalue weighted by atomic mass is 10.2. The van der Waals surface area contributed by atoms with Gasteiger partial charge in [-0.25, -0.2) is 10.4 Å². The minimum absolute atomic E-state index is 0.0375. The number of fused-ring (bicyclic) bond motifs is 1. The van der Waals surface area contributed by atoms with Gasteiger partial charge in [-0.2, -0.15) is 5.10 Å². The number of hydrogen-bond donors (Lipinski definition) is 2. The summed E-state index contributed by atoms with van der Waals surface area (Å²) in [5, 5.41) is 7.11. The summed E-state index contributed by atoms with van der Waals surface area (Å²) in [6.45, 7) is 2.00. The molecule has 0 atom stereocenters. The predicted molar refractivity (Wildman–Crippen MR) is 111 cm³/mol. The highest BCUT2D eigenvalue weighted by molar-refractivity contribution is 7.22. The number of carbonyl (C=O) groups excluding carboxylic acids is 2. The molecule has 0 unspecified atom stereocenters. The van der Waals surface area contributed by atoms with E-state index in [9.17, 15) is 9.59 Å². The number of methoxy groups -OCH3 is 1. The van der Waals surface area contributed by atoms with Gasteiger partial charge in [0.1, 0.15) is 5.75 Å². The fourth-order valence-electron chi connectivity index (χ4n) is 2.38. The van der Waals surface area contributed by atoms with Crippen LogP contribution in [0.4, 0.5) is 5.13 Å². The summed E-state index contributed by atoms with van der Waals surface area (Å²) >= 11 is 1.35. The number of thiazole rings is 1. The molecule has 8 heteroatoms. The van der Waals surface area contributed by atoms with Crippen molar-refractivity contribution in [3.05, 3.63) is 53.6 Å². The second kappa shape index (κ2) is 9.09. The Morgan fingerprint density at radius 3 is 2.64 bits per heavy atom. The van der Waals surface area contributed by atoms with E-state index in [4.69, 9.17) is 4.74 Å². The van der Waals surface area contributed by atoms with Crippen LogP contribution in [0.25, 0.3) is 10.2 Å². The topological polar surface area (TPSA) is 92.7 Å². The summed E-state index contributed by atoms with van der Waals surface area (Å²) < 4.78 is 6.09.